The third kappa shape index (κ3) is 10.7. The van der Waals surface area contributed by atoms with Gasteiger partial charge in [0, 0.05) is 63.9 Å². The molecule has 0 saturated carbocycles. The number of thiazole rings is 1. The molecule has 0 unspecified atom stereocenters. The molecule has 3 aromatic heterocycles. The molecule has 0 aliphatic carbocycles. The van der Waals surface area contributed by atoms with Gasteiger partial charge in [0.15, 0.2) is 0 Å². The Balaban J connectivity index is 0.000000185. The highest BCUT2D eigenvalue weighted by Crippen LogP contribution is 2.31. The molecule has 2 amide bonds. The third-order valence-corrected chi connectivity index (χ3v) is 11.5. The molecule has 2 aliphatic heterocycles. The Morgan fingerprint density at radius 2 is 1.30 bits per heavy atom. The number of carbonyl (C=O) groups excluding carboxylic acids is 2. The van der Waals surface area contributed by atoms with E-state index in [2.05, 4.69) is 31.0 Å². The second kappa shape index (κ2) is 20.6. The van der Waals surface area contributed by atoms with Gasteiger partial charge in [-0.05, 0) is 63.2 Å². The van der Waals surface area contributed by atoms with Crippen molar-refractivity contribution in [3.05, 3.63) is 140 Å². The highest BCUT2D eigenvalue weighted by atomic mass is 35.5. The second-order valence-electron chi connectivity index (χ2n) is 14.3. The standard InChI is InChI=1S/C25H29N3O4.C20H18Cl2N4O2S/c1-4-30-24-12-8-6-10-22(24)27-13-15-28(16-14-27)25(29)20-9-5-7-11-23(20)31-17-21-18(2)26-32-19(21)3;21-14-9-17(22)19(23-10-14)25-5-7-26(8-6-25)20(27)16-3-1-2-4-18(16)28-11-15-12-29-13-24-15/h5-12H,4,13-17H2,1-3H3;1-4,9-10,12-13H,5-8,11H2. The van der Waals surface area contributed by atoms with E-state index < -0.39 is 0 Å². The first-order chi connectivity index (χ1) is 29.7. The van der Waals surface area contributed by atoms with Crippen molar-refractivity contribution in [2.45, 2.75) is 34.0 Å². The summed E-state index contributed by atoms with van der Waals surface area (Å²) in [6, 6.07) is 24.4. The van der Waals surface area contributed by atoms with Gasteiger partial charge in [-0.25, -0.2) is 9.97 Å². The third-order valence-electron chi connectivity index (χ3n) is 10.4. The van der Waals surface area contributed by atoms with Gasteiger partial charge in [0.2, 0.25) is 0 Å². The number of aromatic nitrogens is 3. The quantitative estimate of drug-likeness (QED) is 0.117. The highest BCUT2D eigenvalue weighted by Gasteiger charge is 2.27. The minimum Gasteiger partial charge on any atom is -0.492 e. The Morgan fingerprint density at radius 3 is 1.85 bits per heavy atom. The fourth-order valence-electron chi connectivity index (χ4n) is 7.11. The summed E-state index contributed by atoms with van der Waals surface area (Å²) in [7, 11) is 0. The van der Waals surface area contributed by atoms with Crippen LogP contribution in [0.25, 0.3) is 0 Å². The van der Waals surface area contributed by atoms with Crippen molar-refractivity contribution >= 4 is 57.9 Å². The molecule has 0 atom stereocenters. The Morgan fingerprint density at radius 1 is 0.721 bits per heavy atom. The lowest BCUT2D eigenvalue weighted by atomic mass is 10.1. The summed E-state index contributed by atoms with van der Waals surface area (Å²) in [5.41, 5.74) is 6.52. The van der Waals surface area contributed by atoms with Gasteiger partial charge in [-0.15, -0.1) is 11.3 Å². The van der Waals surface area contributed by atoms with Crippen LogP contribution in [0.15, 0.2) is 100 Å². The van der Waals surface area contributed by atoms with Crippen molar-refractivity contribution in [3.63, 3.8) is 0 Å². The fourth-order valence-corrected chi connectivity index (χ4v) is 8.15. The normalized spacial score (nSPS) is 14.0. The predicted molar refractivity (Wildman–Crippen MR) is 238 cm³/mol. The summed E-state index contributed by atoms with van der Waals surface area (Å²) in [5.74, 6) is 3.38. The van der Waals surface area contributed by atoms with E-state index in [-0.39, 0.29) is 11.8 Å². The van der Waals surface area contributed by atoms with Crippen LogP contribution in [-0.2, 0) is 13.2 Å². The van der Waals surface area contributed by atoms with Crippen LogP contribution in [0.3, 0.4) is 0 Å². The maximum atomic E-state index is 13.3. The van der Waals surface area contributed by atoms with Gasteiger partial charge in [0.05, 0.1) is 55.9 Å². The summed E-state index contributed by atoms with van der Waals surface area (Å²) in [5, 5.41) is 6.91. The molecule has 2 saturated heterocycles. The summed E-state index contributed by atoms with van der Waals surface area (Å²) < 4.78 is 22.9. The van der Waals surface area contributed by atoms with Crippen LogP contribution in [0.5, 0.6) is 17.2 Å². The molecule has 2 aliphatic rings. The molecule has 13 nitrogen and oxygen atoms in total. The number of benzene rings is 3. The summed E-state index contributed by atoms with van der Waals surface area (Å²) >= 11 is 13.7. The van der Waals surface area contributed by atoms with Crippen molar-refractivity contribution in [2.75, 3.05) is 68.8 Å². The number of aryl methyl sites for hydroxylation is 2. The Hall–Kier alpha value is -5.83. The monoisotopic (exact) mass is 883 g/mol. The second-order valence-corrected chi connectivity index (χ2v) is 15.8. The van der Waals surface area contributed by atoms with Gasteiger partial charge in [-0.2, -0.15) is 0 Å². The zero-order valence-electron chi connectivity index (χ0n) is 34.3. The van der Waals surface area contributed by atoms with Gasteiger partial charge in [-0.1, -0.05) is 64.8 Å². The number of para-hydroxylation sites is 4. The van der Waals surface area contributed by atoms with Crippen LogP contribution in [0.4, 0.5) is 11.5 Å². The fraction of sp³-hybridized carbons (Fsp3) is 0.311. The SMILES string of the molecule is CCOc1ccccc1N1CCN(C(=O)c2ccccc2OCc2c(C)noc2C)CC1.O=C(c1ccccc1OCc1cscn1)N1CCN(c2ncc(Cl)cc2Cl)CC1. The molecule has 8 rings (SSSR count). The lowest BCUT2D eigenvalue weighted by molar-refractivity contribution is 0.0733. The Kier molecular flexibility index (Phi) is 14.6. The molecule has 61 heavy (non-hydrogen) atoms. The Labute approximate surface area is 369 Å². The molecule has 0 spiro atoms. The van der Waals surface area contributed by atoms with Gasteiger partial charge in [-0.3, -0.25) is 9.59 Å². The number of carbonyl (C=O) groups is 2. The summed E-state index contributed by atoms with van der Waals surface area (Å²) in [4.78, 5) is 43.0. The number of rotatable bonds is 12. The number of amides is 2. The van der Waals surface area contributed by atoms with Crippen molar-refractivity contribution < 1.29 is 28.3 Å². The van der Waals surface area contributed by atoms with Gasteiger partial charge in [0.1, 0.15) is 42.0 Å². The van der Waals surface area contributed by atoms with Crippen LogP contribution in [0, 0.1) is 13.8 Å². The van der Waals surface area contributed by atoms with Crippen LogP contribution in [0.2, 0.25) is 10.0 Å². The van der Waals surface area contributed by atoms with Gasteiger partial charge >= 0.3 is 0 Å². The minimum absolute atomic E-state index is 0.0166. The molecule has 318 valence electrons. The van der Waals surface area contributed by atoms with Gasteiger partial charge < -0.3 is 38.3 Å². The zero-order valence-corrected chi connectivity index (χ0v) is 36.6. The number of anilines is 2. The number of hydrogen-bond donors (Lipinski definition) is 0. The topological polar surface area (TPSA) is 127 Å². The number of halogens is 2. The van der Waals surface area contributed by atoms with Crippen molar-refractivity contribution in [1.29, 1.82) is 0 Å². The molecule has 16 heteroatoms. The number of pyridine rings is 1. The van der Waals surface area contributed by atoms with Gasteiger partial charge in [0.25, 0.3) is 11.8 Å². The largest absolute Gasteiger partial charge is 0.492 e. The predicted octanol–water partition coefficient (Wildman–Crippen LogP) is 8.62. The lowest BCUT2D eigenvalue weighted by Crippen LogP contribution is -2.49. The maximum Gasteiger partial charge on any atom is 0.257 e. The van der Waals surface area contributed by atoms with Crippen LogP contribution < -0.4 is 24.0 Å². The number of piperazine rings is 2. The van der Waals surface area contributed by atoms with E-state index in [0.717, 1.165) is 47.2 Å². The van der Waals surface area contributed by atoms with Crippen LogP contribution >= 0.6 is 34.5 Å². The van der Waals surface area contributed by atoms with E-state index in [0.29, 0.717) is 97.6 Å². The maximum absolute atomic E-state index is 13.3. The highest BCUT2D eigenvalue weighted by molar-refractivity contribution is 7.07. The average molecular weight is 885 g/mol. The van der Waals surface area contributed by atoms with Crippen LogP contribution in [0.1, 0.15) is 50.4 Å². The van der Waals surface area contributed by atoms with Crippen molar-refractivity contribution in [3.8, 4) is 17.2 Å². The molecule has 3 aromatic carbocycles. The first-order valence-corrected chi connectivity index (χ1v) is 21.7. The lowest BCUT2D eigenvalue weighted by Gasteiger charge is -2.36. The molecule has 0 bridgehead atoms. The number of nitrogens with zero attached hydrogens (tertiary/aromatic N) is 7. The average Bonchev–Trinajstić information content (AvgIpc) is 3.94. The summed E-state index contributed by atoms with van der Waals surface area (Å²) in [6.07, 6.45) is 1.58. The van der Waals surface area contributed by atoms with Crippen molar-refractivity contribution in [1.82, 2.24) is 24.9 Å². The van der Waals surface area contributed by atoms with E-state index in [1.54, 1.807) is 23.8 Å². The smallest absolute Gasteiger partial charge is 0.257 e. The number of ether oxygens (including phenoxy) is 3. The van der Waals surface area contributed by atoms with Crippen molar-refractivity contribution in [2.24, 2.45) is 0 Å². The van der Waals surface area contributed by atoms with E-state index in [1.165, 1.54) is 11.3 Å². The molecule has 0 radical (unpaired) electrons. The van der Waals surface area contributed by atoms with E-state index in [9.17, 15) is 9.59 Å². The Bertz CT molecular complexity index is 2380. The molecule has 5 heterocycles. The molecular weight excluding hydrogens is 838 g/mol. The minimum atomic E-state index is -0.0475. The molecule has 2 fully saturated rings. The van der Waals surface area contributed by atoms with Crippen LogP contribution in [-0.4, -0.2) is 95.7 Å². The number of hydrogen-bond acceptors (Lipinski definition) is 12. The van der Waals surface area contributed by atoms with E-state index >= 15 is 0 Å². The van der Waals surface area contributed by atoms with E-state index in [1.807, 2.05) is 96.6 Å². The van der Waals surface area contributed by atoms with E-state index in [4.69, 9.17) is 41.9 Å². The molecule has 0 N–H and O–H groups in total. The molecule has 6 aromatic rings. The first-order valence-electron chi connectivity index (χ1n) is 20.0. The molecular formula is C45H47Cl2N7O6S. The summed E-state index contributed by atoms with van der Waals surface area (Å²) in [6.45, 7) is 12.2. The first kappa shape index (κ1) is 43.3. The zero-order chi connectivity index (χ0) is 42.7.